The molecule has 0 unspecified atom stereocenters. The fraction of sp³-hybridized carbons (Fsp3) is 0.179. The number of methoxy groups -OCH3 is 1. The van der Waals surface area contributed by atoms with E-state index in [4.69, 9.17) is 9.73 Å². The second-order valence-corrected chi connectivity index (χ2v) is 8.22. The number of ether oxygens (including phenoxy) is 2. The largest absolute Gasteiger partial charge is 0.513 e. The van der Waals surface area contributed by atoms with Crippen molar-refractivity contribution in [3.63, 3.8) is 0 Å². The van der Waals surface area contributed by atoms with Crippen LogP contribution in [0.15, 0.2) is 77.8 Å². The lowest BCUT2D eigenvalue weighted by molar-refractivity contribution is 0.0685. The van der Waals surface area contributed by atoms with Crippen LogP contribution in [0.2, 0.25) is 0 Å². The molecule has 4 rings (SSSR count). The van der Waals surface area contributed by atoms with Gasteiger partial charge in [-0.05, 0) is 36.4 Å². The van der Waals surface area contributed by atoms with E-state index in [0.717, 1.165) is 5.56 Å². The first-order valence-corrected chi connectivity index (χ1v) is 11.8. The Morgan fingerprint density at radius 1 is 0.921 bits per heavy atom. The summed E-state index contributed by atoms with van der Waals surface area (Å²) in [6.45, 7) is -0.189. The summed E-state index contributed by atoms with van der Waals surface area (Å²) in [5, 5.41) is 30.0. The maximum absolute atomic E-state index is 12.8. The standard InChI is InChI=1S/C28H27N3O7/c1-37-28(36)38-21-11-12-22-23(17-21)30-26(34)24(22)25(18-5-3-2-4-6-18)29-20-9-7-19(8-10-20)27(35)31(13-15-32)14-16-33/h2-12,17,30,32-34H,13-16H2,1H3. The molecule has 38 heavy (non-hydrogen) atoms. The molecule has 0 aliphatic carbocycles. The van der Waals surface area contributed by atoms with Crippen molar-refractivity contribution in [1.29, 1.82) is 0 Å². The van der Waals surface area contributed by atoms with E-state index in [-0.39, 0.29) is 43.8 Å². The summed E-state index contributed by atoms with van der Waals surface area (Å²) in [7, 11) is 1.21. The molecule has 0 saturated carbocycles. The van der Waals surface area contributed by atoms with Crippen molar-refractivity contribution < 1.29 is 34.4 Å². The number of aromatic amines is 1. The molecule has 10 heteroatoms. The molecule has 1 aromatic heterocycles. The van der Waals surface area contributed by atoms with Gasteiger partial charge in [0.1, 0.15) is 5.75 Å². The molecule has 3 aromatic carbocycles. The van der Waals surface area contributed by atoms with E-state index in [9.17, 15) is 24.9 Å². The fourth-order valence-electron chi connectivity index (χ4n) is 4.01. The van der Waals surface area contributed by atoms with Gasteiger partial charge < -0.3 is 34.7 Å². The number of aliphatic imine (C=N–C) groups is 1. The van der Waals surface area contributed by atoms with Gasteiger partial charge in [-0.1, -0.05) is 30.3 Å². The van der Waals surface area contributed by atoms with Crippen LogP contribution in [-0.4, -0.2) is 76.4 Å². The lowest BCUT2D eigenvalue weighted by Gasteiger charge is -2.20. The molecule has 1 amide bonds. The van der Waals surface area contributed by atoms with Gasteiger partial charge in [0.15, 0.2) is 5.88 Å². The van der Waals surface area contributed by atoms with Crippen LogP contribution in [0, 0.1) is 0 Å². The molecule has 0 atom stereocenters. The van der Waals surface area contributed by atoms with Crippen LogP contribution >= 0.6 is 0 Å². The van der Waals surface area contributed by atoms with E-state index in [2.05, 4.69) is 9.72 Å². The van der Waals surface area contributed by atoms with Crippen LogP contribution in [0.3, 0.4) is 0 Å². The number of H-pyrrole nitrogens is 1. The van der Waals surface area contributed by atoms with Crippen LogP contribution < -0.4 is 4.74 Å². The normalized spacial score (nSPS) is 11.4. The van der Waals surface area contributed by atoms with Crippen LogP contribution in [0.25, 0.3) is 10.9 Å². The van der Waals surface area contributed by atoms with Crippen LogP contribution in [0.4, 0.5) is 10.5 Å². The van der Waals surface area contributed by atoms with Gasteiger partial charge in [-0.25, -0.2) is 9.79 Å². The van der Waals surface area contributed by atoms with Crippen LogP contribution in [0.1, 0.15) is 21.5 Å². The number of rotatable bonds is 9. The number of aromatic hydroxyl groups is 1. The number of aliphatic hydroxyl groups excluding tert-OH is 2. The average molecular weight is 518 g/mol. The topological polar surface area (TPSA) is 145 Å². The monoisotopic (exact) mass is 517 g/mol. The van der Waals surface area contributed by atoms with Gasteiger partial charge in [0.2, 0.25) is 0 Å². The summed E-state index contributed by atoms with van der Waals surface area (Å²) in [5.74, 6) is -0.188. The Morgan fingerprint density at radius 3 is 2.24 bits per heavy atom. The molecular weight excluding hydrogens is 490 g/mol. The number of fused-ring (bicyclic) bond motifs is 1. The molecule has 0 saturated heterocycles. The predicted octanol–water partition coefficient (Wildman–Crippen LogP) is 3.61. The van der Waals surface area contributed by atoms with Crippen LogP contribution in [0.5, 0.6) is 11.6 Å². The third-order valence-corrected chi connectivity index (χ3v) is 5.78. The van der Waals surface area contributed by atoms with Crippen molar-refractivity contribution in [1.82, 2.24) is 9.88 Å². The first kappa shape index (κ1) is 26.4. The maximum Gasteiger partial charge on any atom is 0.513 e. The summed E-state index contributed by atoms with van der Waals surface area (Å²) >= 11 is 0. The van der Waals surface area contributed by atoms with Crippen molar-refractivity contribution in [2.24, 2.45) is 4.99 Å². The first-order valence-electron chi connectivity index (χ1n) is 11.8. The number of amides is 1. The zero-order valence-electron chi connectivity index (χ0n) is 20.6. The molecule has 196 valence electrons. The minimum atomic E-state index is -0.857. The molecule has 0 fully saturated rings. The number of benzene rings is 3. The van der Waals surface area contributed by atoms with E-state index in [0.29, 0.717) is 33.4 Å². The predicted molar refractivity (Wildman–Crippen MR) is 141 cm³/mol. The van der Waals surface area contributed by atoms with E-state index >= 15 is 0 Å². The number of nitrogens with zero attached hydrogens (tertiary/aromatic N) is 2. The van der Waals surface area contributed by atoms with E-state index in [1.807, 2.05) is 30.3 Å². The van der Waals surface area contributed by atoms with Crippen molar-refractivity contribution >= 4 is 34.4 Å². The van der Waals surface area contributed by atoms with E-state index in [1.165, 1.54) is 12.0 Å². The Labute approximate surface area is 218 Å². The molecule has 0 spiro atoms. The molecule has 0 aliphatic heterocycles. The summed E-state index contributed by atoms with van der Waals surface area (Å²) in [6.07, 6.45) is -0.857. The Hall–Kier alpha value is -4.67. The van der Waals surface area contributed by atoms with Gasteiger partial charge in [0.05, 0.1) is 42.8 Å². The van der Waals surface area contributed by atoms with Crippen molar-refractivity contribution in [2.75, 3.05) is 33.4 Å². The highest BCUT2D eigenvalue weighted by Gasteiger charge is 2.20. The Balaban J connectivity index is 1.74. The van der Waals surface area contributed by atoms with Crippen LogP contribution in [-0.2, 0) is 4.74 Å². The van der Waals surface area contributed by atoms with Gasteiger partial charge in [-0.2, -0.15) is 0 Å². The Morgan fingerprint density at radius 2 is 1.61 bits per heavy atom. The quantitative estimate of drug-likeness (QED) is 0.151. The number of carbonyl (C=O) groups excluding carboxylic acids is 2. The van der Waals surface area contributed by atoms with Crippen molar-refractivity contribution in [2.45, 2.75) is 0 Å². The smallest absolute Gasteiger partial charge is 0.494 e. The number of aromatic nitrogens is 1. The molecule has 0 bridgehead atoms. The zero-order valence-corrected chi connectivity index (χ0v) is 20.6. The Kier molecular flexibility index (Phi) is 8.37. The summed E-state index contributed by atoms with van der Waals surface area (Å²) < 4.78 is 9.62. The number of carbonyl (C=O) groups is 2. The molecule has 0 aliphatic rings. The van der Waals surface area contributed by atoms with E-state index in [1.54, 1.807) is 42.5 Å². The number of aliphatic hydroxyl groups is 2. The van der Waals surface area contributed by atoms with Gasteiger partial charge in [-0.3, -0.25) is 4.79 Å². The average Bonchev–Trinajstić information content (AvgIpc) is 3.26. The first-order chi connectivity index (χ1) is 18.4. The number of nitrogens with one attached hydrogen (secondary N) is 1. The molecule has 1 heterocycles. The Bertz CT molecular complexity index is 1440. The second kappa shape index (κ2) is 12.0. The minimum absolute atomic E-state index is 0.115. The summed E-state index contributed by atoms with van der Waals surface area (Å²) in [6, 6.07) is 20.8. The number of hydrogen-bond acceptors (Lipinski definition) is 8. The highest BCUT2D eigenvalue weighted by Crippen LogP contribution is 2.33. The lowest BCUT2D eigenvalue weighted by Crippen LogP contribution is -2.35. The molecular formula is C28H27N3O7. The maximum atomic E-state index is 12.8. The molecule has 10 nitrogen and oxygen atoms in total. The highest BCUT2D eigenvalue weighted by molar-refractivity contribution is 6.22. The third kappa shape index (κ3) is 5.83. The van der Waals surface area contributed by atoms with Gasteiger partial charge in [0, 0.05) is 35.7 Å². The van der Waals surface area contributed by atoms with E-state index < -0.39 is 6.16 Å². The summed E-state index contributed by atoms with van der Waals surface area (Å²) in [5.41, 5.74) is 3.13. The minimum Gasteiger partial charge on any atom is -0.494 e. The molecule has 4 aromatic rings. The molecule has 4 N–H and O–H groups in total. The van der Waals surface area contributed by atoms with Gasteiger partial charge in [0.25, 0.3) is 5.91 Å². The van der Waals surface area contributed by atoms with Crippen molar-refractivity contribution in [3.8, 4) is 11.6 Å². The molecule has 0 radical (unpaired) electrons. The summed E-state index contributed by atoms with van der Waals surface area (Å²) in [4.78, 5) is 33.3. The number of hydrogen-bond donors (Lipinski definition) is 4. The van der Waals surface area contributed by atoms with Gasteiger partial charge >= 0.3 is 6.16 Å². The second-order valence-electron chi connectivity index (χ2n) is 8.22. The van der Waals surface area contributed by atoms with Gasteiger partial charge in [-0.15, -0.1) is 0 Å². The lowest BCUT2D eigenvalue weighted by atomic mass is 10.0. The SMILES string of the molecule is COC(=O)Oc1ccc2c(C(=Nc3ccc(C(=O)N(CCO)CCO)cc3)c3ccccc3)c(O)[nH]c2c1. The highest BCUT2D eigenvalue weighted by atomic mass is 16.7. The van der Waals surface area contributed by atoms with Crippen molar-refractivity contribution in [3.05, 3.63) is 89.5 Å². The fourth-order valence-corrected chi connectivity index (χ4v) is 4.01. The zero-order chi connectivity index (χ0) is 27.1. The third-order valence-electron chi connectivity index (χ3n) is 5.78.